The number of benzene rings is 1. The highest BCUT2D eigenvalue weighted by atomic mass is 19.4. The van der Waals surface area contributed by atoms with Crippen LogP contribution in [0, 0.1) is 0 Å². The molecule has 19 heavy (non-hydrogen) atoms. The van der Waals surface area contributed by atoms with E-state index >= 15 is 0 Å². The van der Waals surface area contributed by atoms with Gasteiger partial charge < -0.3 is 5.11 Å². The summed E-state index contributed by atoms with van der Waals surface area (Å²) in [5.41, 5.74) is -0.330. The molecule has 0 aliphatic heterocycles. The van der Waals surface area contributed by atoms with Gasteiger partial charge in [-0.25, -0.2) is 9.78 Å². The van der Waals surface area contributed by atoms with Crippen molar-refractivity contribution in [3.05, 3.63) is 47.7 Å². The van der Waals surface area contributed by atoms with Crippen molar-refractivity contribution >= 4 is 22.9 Å². The third-order valence-electron chi connectivity index (χ3n) is 2.44. The Balaban J connectivity index is 2.48. The molecule has 0 radical (unpaired) electrons. The molecule has 0 aliphatic carbocycles. The van der Waals surface area contributed by atoms with E-state index in [4.69, 9.17) is 5.11 Å². The molecule has 0 bridgehead atoms. The van der Waals surface area contributed by atoms with Gasteiger partial charge >= 0.3 is 12.1 Å². The van der Waals surface area contributed by atoms with Gasteiger partial charge in [-0.05, 0) is 24.3 Å². The predicted octanol–water partition coefficient (Wildman–Crippen LogP) is 3.35. The Morgan fingerprint density at radius 1 is 1.21 bits per heavy atom. The molecule has 1 aromatic heterocycles. The molecule has 2 rings (SSSR count). The number of carboxylic acid groups (broad SMARTS) is 1. The molecule has 0 saturated carbocycles. The number of pyridine rings is 1. The Morgan fingerprint density at radius 2 is 1.89 bits per heavy atom. The SMILES string of the molecule is O=C(O)/C=C/c1ccc2ccc(C(F)(F)F)cc2n1. The van der Waals surface area contributed by atoms with Gasteiger partial charge in [0.05, 0.1) is 16.8 Å². The maximum absolute atomic E-state index is 12.6. The van der Waals surface area contributed by atoms with Crippen LogP contribution in [0.2, 0.25) is 0 Å². The highest BCUT2D eigenvalue weighted by molar-refractivity contribution is 5.86. The van der Waals surface area contributed by atoms with E-state index in [9.17, 15) is 18.0 Å². The van der Waals surface area contributed by atoms with Gasteiger partial charge in [-0.1, -0.05) is 12.1 Å². The van der Waals surface area contributed by atoms with Gasteiger partial charge in [0.2, 0.25) is 0 Å². The van der Waals surface area contributed by atoms with Gasteiger partial charge in [0, 0.05) is 11.5 Å². The van der Waals surface area contributed by atoms with Crippen molar-refractivity contribution in [2.45, 2.75) is 6.18 Å². The monoisotopic (exact) mass is 267 g/mol. The van der Waals surface area contributed by atoms with Crippen LogP contribution in [0.4, 0.5) is 13.2 Å². The van der Waals surface area contributed by atoms with Gasteiger partial charge in [0.25, 0.3) is 0 Å². The molecule has 0 atom stereocenters. The molecule has 3 nitrogen and oxygen atoms in total. The Hall–Kier alpha value is -2.37. The summed E-state index contributed by atoms with van der Waals surface area (Å²) in [7, 11) is 0. The molecule has 1 aromatic carbocycles. The van der Waals surface area contributed by atoms with E-state index in [0.717, 1.165) is 18.2 Å². The maximum atomic E-state index is 12.6. The van der Waals surface area contributed by atoms with Gasteiger partial charge in [-0.2, -0.15) is 13.2 Å². The molecule has 0 saturated heterocycles. The van der Waals surface area contributed by atoms with E-state index in [1.165, 1.54) is 18.2 Å². The van der Waals surface area contributed by atoms with Crippen molar-refractivity contribution in [3.8, 4) is 0 Å². The first kappa shape index (κ1) is 13.1. The minimum atomic E-state index is -4.43. The number of hydrogen-bond donors (Lipinski definition) is 1. The van der Waals surface area contributed by atoms with Crippen LogP contribution in [0.15, 0.2) is 36.4 Å². The van der Waals surface area contributed by atoms with Crippen LogP contribution in [-0.2, 0) is 11.0 Å². The lowest BCUT2D eigenvalue weighted by Crippen LogP contribution is -2.04. The zero-order chi connectivity index (χ0) is 14.0. The van der Waals surface area contributed by atoms with E-state index in [2.05, 4.69) is 4.98 Å². The van der Waals surface area contributed by atoms with E-state index in [1.807, 2.05) is 0 Å². The molecule has 1 heterocycles. The van der Waals surface area contributed by atoms with E-state index in [0.29, 0.717) is 5.39 Å². The number of aromatic nitrogens is 1. The number of halogens is 3. The number of fused-ring (bicyclic) bond motifs is 1. The number of nitrogens with zero attached hydrogens (tertiary/aromatic N) is 1. The van der Waals surface area contributed by atoms with Gasteiger partial charge in [-0.3, -0.25) is 0 Å². The first-order valence-corrected chi connectivity index (χ1v) is 5.25. The lowest BCUT2D eigenvalue weighted by atomic mass is 10.1. The molecule has 98 valence electrons. The predicted molar refractivity (Wildman–Crippen MR) is 63.4 cm³/mol. The van der Waals surface area contributed by atoms with Crippen molar-refractivity contribution < 1.29 is 23.1 Å². The fraction of sp³-hybridized carbons (Fsp3) is 0.0769. The summed E-state index contributed by atoms with van der Waals surface area (Å²) in [4.78, 5) is 14.3. The Labute approximate surface area is 106 Å². The summed E-state index contributed by atoms with van der Waals surface area (Å²) in [5.74, 6) is -1.15. The minimum Gasteiger partial charge on any atom is -0.478 e. The molecule has 0 aliphatic rings. The first-order valence-electron chi connectivity index (χ1n) is 5.25. The lowest BCUT2D eigenvalue weighted by Gasteiger charge is -2.07. The average molecular weight is 267 g/mol. The standard InChI is InChI=1S/C13H8F3NO2/c14-13(15,16)9-3-1-8-2-4-10(5-6-12(18)19)17-11(8)7-9/h1-7H,(H,18,19)/b6-5+. The lowest BCUT2D eigenvalue weighted by molar-refractivity contribution is -0.137. The molecular weight excluding hydrogens is 259 g/mol. The van der Waals surface area contributed by atoms with Gasteiger partial charge in [0.1, 0.15) is 0 Å². The fourth-order valence-corrected chi connectivity index (χ4v) is 1.56. The van der Waals surface area contributed by atoms with Crippen molar-refractivity contribution in [1.82, 2.24) is 4.98 Å². The minimum absolute atomic E-state index is 0.169. The third-order valence-corrected chi connectivity index (χ3v) is 2.44. The topological polar surface area (TPSA) is 50.2 Å². The summed E-state index contributed by atoms with van der Waals surface area (Å²) >= 11 is 0. The van der Waals surface area contributed by atoms with Crippen LogP contribution in [0.1, 0.15) is 11.3 Å². The summed E-state index contributed by atoms with van der Waals surface area (Å²) in [6.45, 7) is 0. The first-order chi connectivity index (χ1) is 8.86. The normalized spacial score (nSPS) is 12.2. The summed E-state index contributed by atoms with van der Waals surface area (Å²) in [6.07, 6.45) is -2.33. The van der Waals surface area contributed by atoms with E-state index in [1.54, 1.807) is 6.07 Å². The van der Waals surface area contributed by atoms with Crippen LogP contribution >= 0.6 is 0 Å². The van der Waals surface area contributed by atoms with Crippen LogP contribution in [0.5, 0.6) is 0 Å². The number of alkyl halides is 3. The van der Waals surface area contributed by atoms with Gasteiger partial charge in [0.15, 0.2) is 0 Å². The van der Waals surface area contributed by atoms with Crippen molar-refractivity contribution in [1.29, 1.82) is 0 Å². The molecule has 0 spiro atoms. The maximum Gasteiger partial charge on any atom is 0.416 e. The Bertz CT molecular complexity index is 662. The van der Waals surface area contributed by atoms with E-state index in [-0.39, 0.29) is 11.2 Å². The molecule has 0 amide bonds. The van der Waals surface area contributed by atoms with E-state index < -0.39 is 17.7 Å². The van der Waals surface area contributed by atoms with Gasteiger partial charge in [-0.15, -0.1) is 0 Å². The van der Waals surface area contributed by atoms with Crippen LogP contribution < -0.4 is 0 Å². The van der Waals surface area contributed by atoms with Crippen molar-refractivity contribution in [3.63, 3.8) is 0 Å². The number of rotatable bonds is 2. The number of carboxylic acids is 1. The highest BCUT2D eigenvalue weighted by Crippen LogP contribution is 2.30. The van der Waals surface area contributed by atoms with Crippen molar-refractivity contribution in [2.75, 3.05) is 0 Å². The molecule has 6 heteroatoms. The Kier molecular flexibility index (Phi) is 3.25. The van der Waals surface area contributed by atoms with Crippen LogP contribution in [-0.4, -0.2) is 16.1 Å². The zero-order valence-corrected chi connectivity index (χ0v) is 9.48. The van der Waals surface area contributed by atoms with Crippen LogP contribution in [0.25, 0.3) is 17.0 Å². The number of hydrogen-bond acceptors (Lipinski definition) is 2. The average Bonchev–Trinajstić information content (AvgIpc) is 2.34. The van der Waals surface area contributed by atoms with Crippen LogP contribution in [0.3, 0.4) is 0 Å². The molecule has 1 N–H and O–H groups in total. The summed E-state index contributed by atoms with van der Waals surface area (Å²) in [6, 6.07) is 6.37. The smallest absolute Gasteiger partial charge is 0.416 e. The molecular formula is C13H8F3NO2. The molecule has 0 fully saturated rings. The zero-order valence-electron chi connectivity index (χ0n) is 9.48. The Morgan fingerprint density at radius 3 is 2.53 bits per heavy atom. The second kappa shape index (κ2) is 4.72. The highest BCUT2D eigenvalue weighted by Gasteiger charge is 2.30. The summed E-state index contributed by atoms with van der Waals surface area (Å²) < 4.78 is 37.7. The molecule has 2 aromatic rings. The summed E-state index contributed by atoms with van der Waals surface area (Å²) in [5, 5.41) is 9.03. The second-order valence-electron chi connectivity index (χ2n) is 3.81. The third kappa shape index (κ3) is 3.09. The number of aliphatic carboxylic acids is 1. The largest absolute Gasteiger partial charge is 0.478 e. The number of carbonyl (C=O) groups is 1. The second-order valence-corrected chi connectivity index (χ2v) is 3.81. The quantitative estimate of drug-likeness (QED) is 0.849. The van der Waals surface area contributed by atoms with Crippen molar-refractivity contribution in [2.24, 2.45) is 0 Å². The fourth-order valence-electron chi connectivity index (χ4n) is 1.56. The molecule has 0 unspecified atom stereocenters.